The van der Waals surface area contributed by atoms with Gasteiger partial charge < -0.3 is 136 Å². The minimum Gasteiger partial charge on any atom is -0.479 e. The predicted octanol–water partition coefficient (Wildman–Crippen LogP) is -3.55. The summed E-state index contributed by atoms with van der Waals surface area (Å²) < 4.78 is 99.4. The highest BCUT2D eigenvalue weighted by Gasteiger charge is 2.48. The Bertz CT molecular complexity index is 2460. The summed E-state index contributed by atoms with van der Waals surface area (Å²) in [7, 11) is 0. The quantitative estimate of drug-likeness (QED) is 0.0174. The SMILES string of the molecule is CC(=O)OCc1ccc(O[C@@H]2O[C@H](C(=O)O)[C@@H](O)[C@H](O)[C@H]2O)c(C(=O)NCCOCCOCCOCCOCCOCCN(CCOCCOCCON)CCOCCOCCOCCOCCOCCNC(=O)c2cc(COC(C)=O)ccc2O[C@@H]2OC[C@@H](O)[C@H](O)[C@H]2O)c1. The van der Waals surface area contributed by atoms with Gasteiger partial charge in [0, 0.05) is 46.6 Å². The number of aliphatic carboxylic acids is 1. The number of carbonyl (C=O) groups excluding carboxylic acids is 4. The van der Waals surface area contributed by atoms with Gasteiger partial charge >= 0.3 is 17.9 Å². The van der Waals surface area contributed by atoms with Gasteiger partial charge in [-0.25, -0.2) is 10.7 Å². The number of carboxylic acids is 1. The highest BCUT2D eigenvalue weighted by atomic mass is 16.7. The fourth-order valence-corrected chi connectivity index (χ4v) is 8.52. The minimum atomic E-state index is -1.94. The lowest BCUT2D eigenvalue weighted by atomic mass is 9.99. The summed E-state index contributed by atoms with van der Waals surface area (Å²) >= 11 is 0. The Labute approximate surface area is 556 Å². The first-order valence-corrected chi connectivity index (χ1v) is 31.5. The second kappa shape index (κ2) is 50.7. The molecule has 2 aliphatic rings. The number of carbonyl (C=O) groups is 5. The fraction of sp³-hybridized carbons (Fsp3) is 0.721. The monoisotopic (exact) mass is 1380 g/mol. The number of carboxylic acid groups (broad SMARTS) is 1. The minimum absolute atomic E-state index is 0.0317. The third-order valence-corrected chi connectivity index (χ3v) is 13.6. The molecule has 2 amide bonds. The van der Waals surface area contributed by atoms with Crippen molar-refractivity contribution in [3.05, 3.63) is 58.7 Å². The van der Waals surface area contributed by atoms with Crippen molar-refractivity contribution in [3.8, 4) is 11.5 Å². The van der Waals surface area contributed by atoms with Crippen LogP contribution in [0, 0.1) is 0 Å². The topological polar surface area (TPSA) is 456 Å². The molecule has 4 rings (SSSR count). The van der Waals surface area contributed by atoms with Crippen LogP contribution in [0.15, 0.2) is 36.4 Å². The molecular formula is C61H98N4O31. The lowest BCUT2D eigenvalue weighted by molar-refractivity contribution is -0.271. The molecule has 2 aliphatic heterocycles. The maximum Gasteiger partial charge on any atom is 0.335 e. The molecule has 0 bridgehead atoms. The number of rotatable bonds is 56. The standard InChI is InChI=1S/C61H98N4O31/c1-42(66)90-39-44-3-5-49(94-60-54(72)51(69)48(68)41-92-60)46(37-44)57(74)63-7-12-78-17-22-83-27-31-87-33-29-85-24-19-80-14-9-65(11-16-82-21-26-89-35-36-93-62)10-15-81-20-25-86-30-34-88-32-28-84-23-18-79-13-8-64-58(75)47-38-45(40-91-43(2)67)4-6-50(47)95-61-55(73)52(70)53(71)56(96-61)59(76)77/h3-6,37-38,48,51-56,60-61,68-73H,7-36,39-41,62H2,1-2H3,(H,63,74)(H,64,75)(H,76,77)/t48-,51+,52+,53+,54-,55-,56+,60+,61-/m1/s1. The van der Waals surface area contributed by atoms with Crippen molar-refractivity contribution in [3.63, 3.8) is 0 Å². The van der Waals surface area contributed by atoms with E-state index in [4.69, 9.17) is 91.2 Å². The molecule has 96 heavy (non-hydrogen) atoms. The third kappa shape index (κ3) is 34.8. The maximum atomic E-state index is 13.3. The van der Waals surface area contributed by atoms with Crippen LogP contribution in [0.4, 0.5) is 0 Å². The summed E-state index contributed by atoms with van der Waals surface area (Å²) in [4.78, 5) is 67.4. The molecule has 0 radical (unpaired) electrons. The number of amides is 2. The van der Waals surface area contributed by atoms with Gasteiger partial charge in [0.15, 0.2) is 6.10 Å². The zero-order valence-electron chi connectivity index (χ0n) is 54.4. The Hall–Kier alpha value is -5.53. The second-order valence-electron chi connectivity index (χ2n) is 21.0. The van der Waals surface area contributed by atoms with Gasteiger partial charge in [-0.05, 0) is 35.4 Å². The first kappa shape index (κ1) is 82.9. The number of nitrogens with one attached hydrogen (secondary N) is 2. The molecule has 0 unspecified atom stereocenters. The Balaban J connectivity index is 0.967. The van der Waals surface area contributed by atoms with Crippen molar-refractivity contribution in [2.75, 3.05) is 205 Å². The summed E-state index contributed by atoms with van der Waals surface area (Å²) in [5.41, 5.74) is 0.881. The maximum absolute atomic E-state index is 13.3. The largest absolute Gasteiger partial charge is 0.479 e. The molecule has 11 N–H and O–H groups in total. The molecule has 2 heterocycles. The molecule has 0 aliphatic carbocycles. The van der Waals surface area contributed by atoms with Gasteiger partial charge in [0.25, 0.3) is 11.8 Å². The van der Waals surface area contributed by atoms with Crippen molar-refractivity contribution in [1.29, 1.82) is 0 Å². The normalized spacial score (nSPS) is 20.2. The Morgan fingerprint density at radius 1 is 0.458 bits per heavy atom. The van der Waals surface area contributed by atoms with E-state index in [2.05, 4.69) is 20.4 Å². The number of aliphatic hydroxyl groups is 6. The molecule has 2 aromatic carbocycles. The zero-order valence-corrected chi connectivity index (χ0v) is 54.4. The summed E-state index contributed by atoms with van der Waals surface area (Å²) in [6, 6.07) is 8.65. The van der Waals surface area contributed by atoms with Gasteiger partial charge in [0.05, 0.1) is 183 Å². The van der Waals surface area contributed by atoms with E-state index in [1.807, 2.05) is 0 Å². The van der Waals surface area contributed by atoms with Crippen LogP contribution >= 0.6 is 0 Å². The summed E-state index contributed by atoms with van der Waals surface area (Å²) in [5, 5.41) is 75.6. The molecule has 548 valence electrons. The number of aliphatic hydroxyl groups excluding tert-OH is 6. The summed E-state index contributed by atoms with van der Waals surface area (Å²) in [6.07, 6.45) is -15.2. The van der Waals surface area contributed by atoms with Crippen molar-refractivity contribution >= 4 is 29.7 Å². The molecule has 2 saturated heterocycles. The van der Waals surface area contributed by atoms with Crippen LogP contribution in [-0.4, -0.2) is 330 Å². The van der Waals surface area contributed by atoms with Gasteiger partial charge in [-0.2, -0.15) is 0 Å². The van der Waals surface area contributed by atoms with Crippen molar-refractivity contribution in [1.82, 2.24) is 15.5 Å². The molecule has 9 atom stereocenters. The molecule has 35 heteroatoms. The number of benzene rings is 2. The van der Waals surface area contributed by atoms with Crippen LogP contribution in [0.2, 0.25) is 0 Å². The number of hydrogen-bond donors (Lipinski definition) is 10. The van der Waals surface area contributed by atoms with Crippen LogP contribution in [0.1, 0.15) is 45.7 Å². The number of esters is 2. The third-order valence-electron chi connectivity index (χ3n) is 13.6. The lowest BCUT2D eigenvalue weighted by Crippen LogP contribution is -2.61. The Morgan fingerprint density at radius 2 is 0.802 bits per heavy atom. The van der Waals surface area contributed by atoms with Crippen molar-refractivity contribution < 1.29 is 150 Å². The van der Waals surface area contributed by atoms with E-state index >= 15 is 0 Å². The number of nitrogens with two attached hydrogens (primary N) is 1. The number of ether oxygens (including phenoxy) is 18. The summed E-state index contributed by atoms with van der Waals surface area (Å²) in [6.45, 7) is 12.5. The molecule has 2 fully saturated rings. The van der Waals surface area contributed by atoms with E-state index in [0.29, 0.717) is 163 Å². The van der Waals surface area contributed by atoms with Crippen LogP contribution in [0.5, 0.6) is 11.5 Å². The van der Waals surface area contributed by atoms with E-state index in [-0.39, 0.29) is 88.6 Å². The lowest BCUT2D eigenvalue weighted by Gasteiger charge is -2.38. The van der Waals surface area contributed by atoms with Crippen LogP contribution < -0.4 is 26.0 Å². The van der Waals surface area contributed by atoms with Gasteiger partial charge in [0.2, 0.25) is 12.6 Å². The zero-order chi connectivity index (χ0) is 69.6. The second-order valence-corrected chi connectivity index (χ2v) is 21.0. The van der Waals surface area contributed by atoms with Gasteiger partial charge in [-0.15, -0.1) is 0 Å². The molecule has 0 aromatic heterocycles. The van der Waals surface area contributed by atoms with Crippen LogP contribution in [0.3, 0.4) is 0 Å². The van der Waals surface area contributed by atoms with Crippen LogP contribution in [0.25, 0.3) is 0 Å². The molecule has 0 saturated carbocycles. The first-order chi connectivity index (χ1) is 46.5. The van der Waals surface area contributed by atoms with E-state index in [9.17, 15) is 59.7 Å². The molecular weight excluding hydrogens is 1280 g/mol. The Morgan fingerprint density at radius 3 is 1.17 bits per heavy atom. The van der Waals surface area contributed by atoms with E-state index in [0.717, 1.165) is 0 Å². The van der Waals surface area contributed by atoms with Crippen LogP contribution in [-0.2, 0) is 108 Å². The first-order valence-electron chi connectivity index (χ1n) is 31.5. The van der Waals surface area contributed by atoms with E-state index < -0.39 is 85.0 Å². The number of hydrogen-bond acceptors (Lipinski definition) is 32. The smallest absolute Gasteiger partial charge is 0.335 e. The predicted molar refractivity (Wildman–Crippen MR) is 328 cm³/mol. The highest BCUT2D eigenvalue weighted by Crippen LogP contribution is 2.29. The van der Waals surface area contributed by atoms with E-state index in [1.165, 1.54) is 44.2 Å². The van der Waals surface area contributed by atoms with Crippen molar-refractivity contribution in [2.24, 2.45) is 5.90 Å². The fourth-order valence-electron chi connectivity index (χ4n) is 8.52. The van der Waals surface area contributed by atoms with E-state index in [1.54, 1.807) is 6.07 Å². The molecule has 2 aromatic rings. The van der Waals surface area contributed by atoms with Crippen molar-refractivity contribution in [2.45, 2.75) is 82.4 Å². The molecule has 0 spiro atoms. The molecule has 35 nitrogen and oxygen atoms in total. The van der Waals surface area contributed by atoms with Gasteiger partial charge in [-0.3, -0.25) is 24.1 Å². The van der Waals surface area contributed by atoms with Gasteiger partial charge in [0.1, 0.15) is 61.3 Å². The van der Waals surface area contributed by atoms with Gasteiger partial charge in [-0.1, -0.05) is 12.1 Å². The highest BCUT2D eigenvalue weighted by molar-refractivity contribution is 5.97. The average Bonchev–Trinajstić information content (AvgIpc) is 0.856. The summed E-state index contributed by atoms with van der Waals surface area (Å²) in [5.74, 6) is 1.04. The Kier molecular flexibility index (Phi) is 43.8. The number of nitrogens with zero attached hydrogens (tertiary/aromatic N) is 1. The average molecular weight is 1380 g/mol.